The fourth-order valence-electron chi connectivity index (χ4n) is 3.25. The third-order valence-corrected chi connectivity index (χ3v) is 6.17. The third-order valence-electron chi connectivity index (χ3n) is 4.95. The van der Waals surface area contributed by atoms with Crippen molar-refractivity contribution in [1.82, 2.24) is 9.97 Å². The molecule has 0 fully saturated rings. The Morgan fingerprint density at radius 1 is 1.03 bits per heavy atom. The molecule has 2 aromatic carbocycles. The SMILES string of the molecule is COc1ccc(C)c2sc(N(Cc3cccnc3)C(=O)COc3ccccc3C)nc12. The number of carbonyl (C=O) groups excluding carboxylic acids is 1. The lowest BCUT2D eigenvalue weighted by Crippen LogP contribution is -2.34. The van der Waals surface area contributed by atoms with Crippen molar-refractivity contribution >= 4 is 32.6 Å². The number of anilines is 1. The van der Waals surface area contributed by atoms with Crippen LogP contribution in [0.25, 0.3) is 10.2 Å². The molecule has 0 saturated heterocycles. The second-order valence-corrected chi connectivity index (χ2v) is 8.13. The number of thiazole rings is 1. The van der Waals surface area contributed by atoms with Crippen LogP contribution < -0.4 is 14.4 Å². The summed E-state index contributed by atoms with van der Waals surface area (Å²) in [6, 6.07) is 15.3. The molecule has 31 heavy (non-hydrogen) atoms. The maximum Gasteiger partial charge on any atom is 0.267 e. The smallest absolute Gasteiger partial charge is 0.267 e. The Morgan fingerprint density at radius 2 is 1.87 bits per heavy atom. The number of methoxy groups -OCH3 is 1. The second kappa shape index (κ2) is 9.14. The van der Waals surface area contributed by atoms with E-state index in [9.17, 15) is 4.79 Å². The van der Waals surface area contributed by atoms with E-state index in [2.05, 4.69) is 4.98 Å². The Bertz CT molecular complexity index is 1210. The fraction of sp³-hybridized carbons (Fsp3) is 0.208. The van der Waals surface area contributed by atoms with Crippen molar-refractivity contribution in [2.45, 2.75) is 20.4 Å². The highest BCUT2D eigenvalue weighted by atomic mass is 32.1. The molecule has 0 aliphatic carbocycles. The number of nitrogens with zero attached hydrogens (tertiary/aromatic N) is 3. The summed E-state index contributed by atoms with van der Waals surface area (Å²) in [5.74, 6) is 1.20. The summed E-state index contributed by atoms with van der Waals surface area (Å²) in [4.78, 5) is 23.8. The number of ether oxygens (including phenoxy) is 2. The van der Waals surface area contributed by atoms with Crippen molar-refractivity contribution in [2.24, 2.45) is 0 Å². The number of benzene rings is 2. The predicted octanol–water partition coefficient (Wildman–Crippen LogP) is 4.93. The molecule has 0 N–H and O–H groups in total. The monoisotopic (exact) mass is 433 g/mol. The van der Waals surface area contributed by atoms with Crippen LogP contribution in [0.3, 0.4) is 0 Å². The van der Waals surface area contributed by atoms with Gasteiger partial charge in [0, 0.05) is 12.4 Å². The van der Waals surface area contributed by atoms with Gasteiger partial charge in [-0.2, -0.15) is 0 Å². The van der Waals surface area contributed by atoms with Gasteiger partial charge in [0.25, 0.3) is 5.91 Å². The Morgan fingerprint density at radius 3 is 2.61 bits per heavy atom. The molecule has 6 nitrogen and oxygen atoms in total. The molecular weight excluding hydrogens is 410 g/mol. The highest BCUT2D eigenvalue weighted by molar-refractivity contribution is 7.22. The number of aryl methyl sites for hydroxylation is 2. The van der Waals surface area contributed by atoms with E-state index in [-0.39, 0.29) is 12.5 Å². The number of amides is 1. The van der Waals surface area contributed by atoms with Crippen LogP contribution in [0.4, 0.5) is 5.13 Å². The van der Waals surface area contributed by atoms with E-state index in [0.29, 0.717) is 23.2 Å². The lowest BCUT2D eigenvalue weighted by Gasteiger charge is -2.20. The number of carbonyl (C=O) groups is 1. The fourth-order valence-corrected chi connectivity index (χ4v) is 4.32. The van der Waals surface area contributed by atoms with E-state index in [1.54, 1.807) is 24.4 Å². The summed E-state index contributed by atoms with van der Waals surface area (Å²) in [5.41, 5.74) is 3.74. The number of aromatic nitrogens is 2. The van der Waals surface area contributed by atoms with E-state index < -0.39 is 0 Å². The van der Waals surface area contributed by atoms with Crippen molar-refractivity contribution < 1.29 is 14.3 Å². The van der Waals surface area contributed by atoms with Crippen LogP contribution in [0.2, 0.25) is 0 Å². The van der Waals surface area contributed by atoms with Crippen molar-refractivity contribution in [2.75, 3.05) is 18.6 Å². The van der Waals surface area contributed by atoms with Crippen LogP contribution in [0.15, 0.2) is 60.9 Å². The number of fused-ring (bicyclic) bond motifs is 1. The normalized spacial score (nSPS) is 10.8. The average Bonchev–Trinajstić information content (AvgIpc) is 3.24. The summed E-state index contributed by atoms with van der Waals surface area (Å²) >= 11 is 1.47. The second-order valence-electron chi connectivity index (χ2n) is 7.15. The molecule has 0 radical (unpaired) electrons. The number of hydrogen-bond donors (Lipinski definition) is 0. The van der Waals surface area contributed by atoms with E-state index >= 15 is 0 Å². The van der Waals surface area contributed by atoms with E-state index in [0.717, 1.165) is 26.9 Å². The standard InChI is InChI=1S/C24H23N3O3S/c1-16-7-4-5-9-19(16)30-15-21(28)27(14-18-8-6-12-25-13-18)24-26-22-20(29-3)11-10-17(2)23(22)31-24/h4-13H,14-15H2,1-3H3. The zero-order chi connectivity index (χ0) is 21.8. The molecule has 0 atom stereocenters. The molecule has 158 valence electrons. The molecule has 1 amide bonds. The van der Waals surface area contributed by atoms with Crippen LogP contribution in [0, 0.1) is 13.8 Å². The van der Waals surface area contributed by atoms with Gasteiger partial charge in [0.1, 0.15) is 17.0 Å². The summed E-state index contributed by atoms with van der Waals surface area (Å²) < 4.78 is 12.3. The molecule has 4 rings (SSSR count). The maximum absolute atomic E-state index is 13.3. The van der Waals surface area contributed by atoms with Gasteiger partial charge in [-0.15, -0.1) is 0 Å². The number of para-hydroxylation sites is 1. The quantitative estimate of drug-likeness (QED) is 0.414. The summed E-state index contributed by atoms with van der Waals surface area (Å²) in [7, 11) is 1.62. The van der Waals surface area contributed by atoms with Crippen LogP contribution in [0.5, 0.6) is 11.5 Å². The van der Waals surface area contributed by atoms with Gasteiger partial charge in [0.2, 0.25) is 0 Å². The summed E-state index contributed by atoms with van der Waals surface area (Å²) in [6.45, 7) is 4.25. The molecule has 0 bridgehead atoms. The van der Waals surface area contributed by atoms with Crippen LogP contribution in [0.1, 0.15) is 16.7 Å². The summed E-state index contributed by atoms with van der Waals surface area (Å²) in [6.07, 6.45) is 3.46. The molecule has 7 heteroatoms. The minimum absolute atomic E-state index is 0.0862. The van der Waals surface area contributed by atoms with Gasteiger partial charge in [0.15, 0.2) is 11.7 Å². The van der Waals surface area contributed by atoms with Crippen LogP contribution >= 0.6 is 11.3 Å². The van der Waals surface area contributed by atoms with Crippen molar-refractivity contribution in [3.05, 3.63) is 77.6 Å². The van der Waals surface area contributed by atoms with Gasteiger partial charge in [-0.1, -0.05) is 41.7 Å². The topological polar surface area (TPSA) is 64.5 Å². The number of rotatable bonds is 7. The van der Waals surface area contributed by atoms with Crippen molar-refractivity contribution in [3.63, 3.8) is 0 Å². The maximum atomic E-state index is 13.3. The average molecular weight is 434 g/mol. The zero-order valence-corrected chi connectivity index (χ0v) is 18.5. The van der Waals surface area contributed by atoms with Gasteiger partial charge in [-0.25, -0.2) is 4.98 Å². The Kier molecular flexibility index (Phi) is 6.13. The van der Waals surface area contributed by atoms with E-state index in [1.165, 1.54) is 11.3 Å². The molecule has 0 aliphatic rings. The largest absolute Gasteiger partial charge is 0.494 e. The zero-order valence-electron chi connectivity index (χ0n) is 17.7. The van der Waals surface area contributed by atoms with Crippen LogP contribution in [-0.4, -0.2) is 29.6 Å². The van der Waals surface area contributed by atoms with Gasteiger partial charge in [-0.05, 0) is 48.7 Å². The number of pyridine rings is 1. The first-order chi connectivity index (χ1) is 15.1. The summed E-state index contributed by atoms with van der Waals surface area (Å²) in [5, 5.41) is 0.602. The number of hydrogen-bond acceptors (Lipinski definition) is 6. The molecule has 0 aliphatic heterocycles. The van der Waals surface area contributed by atoms with E-state index in [1.807, 2.05) is 62.4 Å². The lowest BCUT2D eigenvalue weighted by atomic mass is 10.2. The third kappa shape index (κ3) is 4.51. The molecule has 2 aromatic heterocycles. The first kappa shape index (κ1) is 20.8. The molecule has 0 saturated carbocycles. The Hall–Kier alpha value is -3.45. The minimum atomic E-state index is -0.178. The van der Waals surface area contributed by atoms with Gasteiger partial charge in [-0.3, -0.25) is 14.7 Å². The van der Waals surface area contributed by atoms with Crippen molar-refractivity contribution in [1.29, 1.82) is 0 Å². The van der Waals surface area contributed by atoms with E-state index in [4.69, 9.17) is 14.5 Å². The lowest BCUT2D eigenvalue weighted by molar-refractivity contribution is -0.120. The Balaban J connectivity index is 1.67. The molecular formula is C24H23N3O3S. The molecule has 0 unspecified atom stereocenters. The molecule has 0 spiro atoms. The van der Waals surface area contributed by atoms with Gasteiger partial charge >= 0.3 is 0 Å². The van der Waals surface area contributed by atoms with Gasteiger partial charge < -0.3 is 9.47 Å². The van der Waals surface area contributed by atoms with Gasteiger partial charge in [0.05, 0.1) is 18.4 Å². The molecule has 4 aromatic rings. The first-order valence-corrected chi connectivity index (χ1v) is 10.7. The first-order valence-electron chi connectivity index (χ1n) is 9.88. The van der Waals surface area contributed by atoms with Crippen LogP contribution in [-0.2, 0) is 11.3 Å². The Labute approximate surface area is 185 Å². The van der Waals surface area contributed by atoms with Crippen molar-refractivity contribution in [3.8, 4) is 11.5 Å². The highest BCUT2D eigenvalue weighted by Gasteiger charge is 2.23. The predicted molar refractivity (Wildman–Crippen MR) is 123 cm³/mol. The highest BCUT2D eigenvalue weighted by Crippen LogP contribution is 2.37. The molecule has 2 heterocycles. The minimum Gasteiger partial charge on any atom is -0.494 e.